The molecule has 0 aromatic heterocycles. The zero-order valence-electron chi connectivity index (χ0n) is 11.8. The summed E-state index contributed by atoms with van der Waals surface area (Å²) in [6.07, 6.45) is 8.11. The van der Waals surface area contributed by atoms with Gasteiger partial charge < -0.3 is 4.74 Å². The molecule has 0 N–H and O–H groups in total. The predicted molar refractivity (Wildman–Crippen MR) is 76.8 cm³/mol. The number of carbonyl (C=O) groups excluding carboxylic acids is 1. The lowest BCUT2D eigenvalue weighted by atomic mass is 10.2. The topological polar surface area (TPSA) is 26.3 Å². The van der Waals surface area contributed by atoms with Gasteiger partial charge in [-0.15, -0.1) is 11.8 Å². The van der Waals surface area contributed by atoms with Crippen molar-refractivity contribution in [2.75, 3.05) is 19.5 Å². The Morgan fingerprint density at radius 2 is 1.83 bits per heavy atom. The van der Waals surface area contributed by atoms with E-state index in [-0.39, 0.29) is 17.9 Å². The molecule has 0 bridgehead atoms. The van der Waals surface area contributed by atoms with Gasteiger partial charge in [0.25, 0.3) is 0 Å². The highest BCUT2D eigenvalue weighted by Crippen LogP contribution is 2.20. The van der Waals surface area contributed by atoms with Gasteiger partial charge in [0.05, 0.1) is 13.8 Å². The molecule has 18 heavy (non-hydrogen) atoms. The molecule has 0 aliphatic rings. The van der Waals surface area contributed by atoms with Crippen molar-refractivity contribution in [1.82, 2.24) is 0 Å². The van der Waals surface area contributed by atoms with E-state index in [0.717, 1.165) is 50.7 Å². The van der Waals surface area contributed by atoms with Crippen LogP contribution < -0.4 is 0 Å². The van der Waals surface area contributed by atoms with Crippen LogP contribution in [0.25, 0.3) is 0 Å². The van der Waals surface area contributed by atoms with Crippen LogP contribution in [0.2, 0.25) is 0 Å². The Labute approximate surface area is 115 Å². The SMILES string of the molecule is CCCCC(SCCCCCCCF)C(=O)OC. The molecule has 0 heterocycles. The Hall–Kier alpha value is -0.250. The molecule has 0 aliphatic carbocycles. The molecule has 0 radical (unpaired) electrons. The Balaban J connectivity index is 3.59. The fraction of sp³-hybridized carbons (Fsp3) is 0.929. The number of alkyl halides is 1. The summed E-state index contributed by atoms with van der Waals surface area (Å²) in [5, 5.41) is 0.000733. The molecule has 0 aromatic rings. The number of ether oxygens (including phenoxy) is 1. The van der Waals surface area contributed by atoms with Gasteiger partial charge in [-0.2, -0.15) is 0 Å². The number of esters is 1. The number of methoxy groups -OCH3 is 1. The summed E-state index contributed by atoms with van der Waals surface area (Å²) in [5.41, 5.74) is 0. The van der Waals surface area contributed by atoms with E-state index in [2.05, 4.69) is 6.92 Å². The number of carbonyl (C=O) groups is 1. The van der Waals surface area contributed by atoms with Crippen molar-refractivity contribution in [3.05, 3.63) is 0 Å². The van der Waals surface area contributed by atoms with E-state index in [9.17, 15) is 9.18 Å². The number of halogens is 1. The Bertz CT molecular complexity index is 200. The van der Waals surface area contributed by atoms with Crippen LogP contribution in [-0.4, -0.2) is 30.8 Å². The molecule has 2 nitrogen and oxygen atoms in total. The lowest BCUT2D eigenvalue weighted by Gasteiger charge is -2.13. The zero-order valence-corrected chi connectivity index (χ0v) is 12.6. The summed E-state index contributed by atoms with van der Waals surface area (Å²) in [7, 11) is 1.46. The van der Waals surface area contributed by atoms with E-state index >= 15 is 0 Å². The molecule has 4 heteroatoms. The van der Waals surface area contributed by atoms with Crippen LogP contribution >= 0.6 is 11.8 Å². The van der Waals surface area contributed by atoms with Crippen molar-refractivity contribution in [2.45, 2.75) is 63.5 Å². The maximum atomic E-state index is 11.9. The van der Waals surface area contributed by atoms with Gasteiger partial charge in [-0.1, -0.05) is 39.0 Å². The molecule has 0 aliphatic heterocycles. The summed E-state index contributed by atoms with van der Waals surface area (Å²) in [4.78, 5) is 11.5. The lowest BCUT2D eigenvalue weighted by molar-refractivity contribution is -0.140. The molecular formula is C14H27FO2S. The third kappa shape index (κ3) is 9.75. The van der Waals surface area contributed by atoms with Crippen molar-refractivity contribution in [2.24, 2.45) is 0 Å². The molecule has 0 saturated heterocycles. The smallest absolute Gasteiger partial charge is 0.318 e. The molecule has 0 amide bonds. The largest absolute Gasteiger partial charge is 0.468 e. The quantitative estimate of drug-likeness (QED) is 0.391. The van der Waals surface area contributed by atoms with E-state index in [4.69, 9.17) is 4.74 Å². The highest BCUT2D eigenvalue weighted by Gasteiger charge is 2.18. The first kappa shape index (κ1) is 17.8. The van der Waals surface area contributed by atoms with E-state index in [1.54, 1.807) is 11.8 Å². The molecule has 0 saturated carbocycles. The summed E-state index contributed by atoms with van der Waals surface area (Å²) in [5.74, 6) is 0.907. The van der Waals surface area contributed by atoms with E-state index < -0.39 is 0 Å². The van der Waals surface area contributed by atoms with E-state index in [1.807, 2.05) is 0 Å². The first-order valence-corrected chi connectivity index (χ1v) is 8.06. The normalized spacial score (nSPS) is 12.4. The minimum atomic E-state index is -0.198. The van der Waals surface area contributed by atoms with Gasteiger partial charge in [0.15, 0.2) is 0 Å². The highest BCUT2D eigenvalue weighted by molar-refractivity contribution is 8.00. The second kappa shape index (κ2) is 13.2. The molecule has 0 aromatic carbocycles. The maximum absolute atomic E-state index is 11.9. The van der Waals surface area contributed by atoms with Crippen molar-refractivity contribution < 1.29 is 13.9 Å². The number of unbranched alkanes of at least 4 members (excludes halogenated alkanes) is 5. The number of thioether (sulfide) groups is 1. The van der Waals surface area contributed by atoms with Gasteiger partial charge in [0, 0.05) is 0 Å². The molecule has 0 rings (SSSR count). The van der Waals surface area contributed by atoms with Crippen LogP contribution in [0.1, 0.15) is 58.3 Å². The minimum absolute atomic E-state index is 0.000733. The highest BCUT2D eigenvalue weighted by atomic mass is 32.2. The molecule has 0 fully saturated rings. The van der Waals surface area contributed by atoms with Crippen LogP contribution in [-0.2, 0) is 9.53 Å². The Morgan fingerprint density at radius 1 is 1.17 bits per heavy atom. The fourth-order valence-corrected chi connectivity index (χ4v) is 2.96. The summed E-state index contributed by atoms with van der Waals surface area (Å²) < 4.78 is 16.7. The van der Waals surface area contributed by atoms with Gasteiger partial charge in [-0.25, -0.2) is 0 Å². The first-order valence-electron chi connectivity index (χ1n) is 7.01. The van der Waals surface area contributed by atoms with E-state index in [0.29, 0.717) is 6.42 Å². The van der Waals surface area contributed by atoms with Crippen molar-refractivity contribution >= 4 is 17.7 Å². The van der Waals surface area contributed by atoms with E-state index in [1.165, 1.54) is 7.11 Å². The van der Waals surface area contributed by atoms with Crippen LogP contribution in [0.15, 0.2) is 0 Å². The van der Waals surface area contributed by atoms with Crippen molar-refractivity contribution in [3.8, 4) is 0 Å². The average molecular weight is 278 g/mol. The van der Waals surface area contributed by atoms with Crippen LogP contribution in [0.4, 0.5) is 4.39 Å². The van der Waals surface area contributed by atoms with Gasteiger partial charge in [-0.05, 0) is 25.0 Å². The van der Waals surface area contributed by atoms with Gasteiger partial charge in [0.2, 0.25) is 0 Å². The second-order valence-corrected chi connectivity index (χ2v) is 5.79. The minimum Gasteiger partial charge on any atom is -0.468 e. The van der Waals surface area contributed by atoms with Crippen molar-refractivity contribution in [1.29, 1.82) is 0 Å². The summed E-state index contributed by atoms with van der Waals surface area (Å²) in [6.45, 7) is 1.93. The van der Waals surface area contributed by atoms with Gasteiger partial charge >= 0.3 is 5.97 Å². The molecular weight excluding hydrogens is 251 g/mol. The third-order valence-electron chi connectivity index (χ3n) is 2.88. The zero-order chi connectivity index (χ0) is 13.6. The summed E-state index contributed by atoms with van der Waals surface area (Å²) in [6, 6.07) is 0. The maximum Gasteiger partial charge on any atom is 0.318 e. The van der Waals surface area contributed by atoms with Crippen LogP contribution in [0.3, 0.4) is 0 Å². The Morgan fingerprint density at radius 3 is 2.44 bits per heavy atom. The molecule has 1 unspecified atom stereocenters. The van der Waals surface area contributed by atoms with Crippen molar-refractivity contribution in [3.63, 3.8) is 0 Å². The standard InChI is InChI=1S/C14H27FO2S/c1-3-4-10-13(14(16)17-2)18-12-9-7-5-6-8-11-15/h13H,3-12H2,1-2H3. The number of hydrogen-bond donors (Lipinski definition) is 0. The van der Waals surface area contributed by atoms with Gasteiger partial charge in [0.1, 0.15) is 5.25 Å². The second-order valence-electron chi connectivity index (χ2n) is 4.48. The lowest BCUT2D eigenvalue weighted by Crippen LogP contribution is -2.19. The number of hydrogen-bond acceptors (Lipinski definition) is 3. The predicted octanol–water partition coefficient (Wildman–Crippen LogP) is 4.37. The average Bonchev–Trinajstić information content (AvgIpc) is 2.40. The summed E-state index contributed by atoms with van der Waals surface area (Å²) >= 11 is 1.71. The molecule has 108 valence electrons. The monoisotopic (exact) mass is 278 g/mol. The van der Waals surface area contributed by atoms with Crippen LogP contribution in [0, 0.1) is 0 Å². The van der Waals surface area contributed by atoms with Gasteiger partial charge in [-0.3, -0.25) is 9.18 Å². The number of rotatable bonds is 12. The molecule has 1 atom stereocenters. The first-order chi connectivity index (χ1) is 8.76. The fourth-order valence-electron chi connectivity index (χ4n) is 1.74. The molecule has 0 spiro atoms. The van der Waals surface area contributed by atoms with Crippen LogP contribution in [0.5, 0.6) is 0 Å². The third-order valence-corrected chi connectivity index (χ3v) is 4.24. The Kier molecular flexibility index (Phi) is 13.0.